The lowest BCUT2D eigenvalue weighted by Crippen LogP contribution is -2.37. The highest BCUT2D eigenvalue weighted by molar-refractivity contribution is 7.43. The van der Waals surface area contributed by atoms with Gasteiger partial charge in [0, 0.05) is 23.5 Å². The number of rotatable bonds is 8. The van der Waals surface area contributed by atoms with Gasteiger partial charge in [0.15, 0.2) is 0 Å². The molecule has 0 saturated carbocycles. The number of aromatic amines is 4. The van der Waals surface area contributed by atoms with Gasteiger partial charge in [-0.3, -0.25) is 14.3 Å². The van der Waals surface area contributed by atoms with Crippen LogP contribution in [0, 0.1) is 0 Å². The predicted molar refractivity (Wildman–Crippen MR) is 181 cm³/mol. The van der Waals surface area contributed by atoms with E-state index >= 15 is 0 Å². The third-order valence-electron chi connectivity index (χ3n) is 8.12. The van der Waals surface area contributed by atoms with E-state index in [1.807, 2.05) is 6.92 Å². The zero-order valence-electron chi connectivity index (χ0n) is 26.3. The summed E-state index contributed by atoms with van der Waals surface area (Å²) in [6.45, 7) is 5.04. The Morgan fingerprint density at radius 1 is 0.854 bits per heavy atom. The predicted octanol–water partition coefficient (Wildman–Crippen LogP) is -0.639. The summed E-state index contributed by atoms with van der Waals surface area (Å²) in [5.74, 6) is 0. The average molecular weight is 731 g/mol. The van der Waals surface area contributed by atoms with Gasteiger partial charge in [0.1, 0.15) is 53.8 Å². The highest BCUT2D eigenvalue weighted by Gasteiger charge is 2.47. The van der Waals surface area contributed by atoms with Crippen molar-refractivity contribution < 1.29 is 39.4 Å². The summed E-state index contributed by atoms with van der Waals surface area (Å²) >= 11 is 0. The number of ether oxygens (including phenoxy) is 1. The van der Waals surface area contributed by atoms with E-state index in [-0.39, 0.29) is 30.7 Å². The molecule has 2 saturated heterocycles. The maximum Gasteiger partial charge on any atom is 0.363 e. The zero-order valence-corrected chi connectivity index (χ0v) is 29.3. The van der Waals surface area contributed by atoms with E-state index in [4.69, 9.17) is 4.74 Å². The summed E-state index contributed by atoms with van der Waals surface area (Å²) < 4.78 is 27.9. The van der Waals surface area contributed by atoms with Crippen molar-refractivity contribution in [2.75, 3.05) is 39.1 Å². The van der Waals surface area contributed by atoms with Crippen LogP contribution in [0.15, 0.2) is 34.6 Å². The van der Waals surface area contributed by atoms with Crippen molar-refractivity contribution in [1.82, 2.24) is 39.9 Å². The van der Waals surface area contributed by atoms with Crippen LogP contribution in [-0.2, 0) is 13.9 Å². The smallest absolute Gasteiger partial charge is 0.363 e. The van der Waals surface area contributed by atoms with Crippen molar-refractivity contribution >= 4 is 47.1 Å². The number of nitrogens with one attached hydrogen (secondary N) is 5. The van der Waals surface area contributed by atoms with Crippen molar-refractivity contribution in [2.24, 2.45) is 0 Å². The minimum absolute atomic E-state index is 0.102. The molecule has 48 heavy (non-hydrogen) atoms. The van der Waals surface area contributed by atoms with Gasteiger partial charge >= 0.3 is 15.6 Å². The van der Waals surface area contributed by atoms with Crippen molar-refractivity contribution in [3.05, 3.63) is 56.9 Å². The second kappa shape index (κ2) is 16.7. The molecule has 4 aromatic heterocycles. The fourth-order valence-corrected chi connectivity index (χ4v) is 6.49. The summed E-state index contributed by atoms with van der Waals surface area (Å²) in [6.07, 6.45) is 2.41. The van der Waals surface area contributed by atoms with Crippen LogP contribution in [0.25, 0.3) is 22.1 Å². The van der Waals surface area contributed by atoms with E-state index in [9.17, 15) is 44.3 Å². The van der Waals surface area contributed by atoms with Crippen molar-refractivity contribution in [1.29, 1.82) is 0 Å². The molecule has 18 nitrogen and oxygen atoms in total. The number of H-pyrrole nitrogens is 4. The minimum atomic E-state index is -1.42. The molecule has 6 rings (SSSR count). The second-order valence-electron chi connectivity index (χ2n) is 11.3. The topological polar surface area (TPSA) is 283 Å². The van der Waals surface area contributed by atoms with Crippen LogP contribution < -0.4 is 16.4 Å². The van der Waals surface area contributed by atoms with Crippen LogP contribution in [0.5, 0.6) is 0 Å². The molecule has 6 heterocycles. The highest BCUT2D eigenvalue weighted by atomic mass is 31.1. The summed E-state index contributed by atoms with van der Waals surface area (Å²) in [6, 6.07) is -2.25. The van der Waals surface area contributed by atoms with Crippen molar-refractivity contribution in [2.45, 2.75) is 55.5 Å². The molecule has 0 aliphatic carbocycles. The third-order valence-corrected chi connectivity index (χ3v) is 10.3. The summed E-state index contributed by atoms with van der Waals surface area (Å²) in [5, 5.41) is 53.0. The number of hydrogen-bond donors (Lipinski definition) is 10. The molecule has 2 aliphatic heterocycles. The van der Waals surface area contributed by atoms with Crippen molar-refractivity contribution in [3.8, 4) is 0 Å². The van der Waals surface area contributed by atoms with Gasteiger partial charge in [0.2, 0.25) is 6.35 Å². The number of aliphatic hydroxyl groups excluding tert-OH is 5. The molecule has 10 N–H and O–H groups in total. The van der Waals surface area contributed by atoms with Gasteiger partial charge in [0.25, 0.3) is 11.1 Å². The number of hydrogen-bond acceptors (Lipinski definition) is 14. The van der Waals surface area contributed by atoms with E-state index in [0.717, 1.165) is 6.16 Å². The molecule has 0 amide bonds. The Morgan fingerprint density at radius 2 is 1.40 bits per heavy atom. The standard InChI is InChI=1S/C13H17N4O5P.C11H15N4O4P.C3H8OP/c1-23(21)5-22-3-7-11(18)12(19)9(17-7)6-2-14-10-8(6)15-4-16-13(10)20;16-2-5-9(17)10(18)8(15(5)20)4-1-12-7-6(4)13-3-14-11(7)19;1-3-5(2)4/h2,4,7,9,11-12,17-19H,3,5H2,1H3,(H-,14,15,16,20);1,3,5,8-10,12,16-18H,2,20H2,(H,13,14,19);3H2,1-2H3/q;;+1/p+1/t7-,9+,11-,12+;5-,8+,9-,10+;/m11./s1. The first-order valence-corrected chi connectivity index (χ1v) is 19.2. The maximum atomic E-state index is 11.7. The molecule has 2 aliphatic rings. The normalized spacial score (nSPS) is 27.8. The Bertz CT molecular complexity index is 1830. The Hall–Kier alpha value is -2.85. The lowest BCUT2D eigenvalue weighted by molar-refractivity contribution is 0.0133. The number of aliphatic hydroxyl groups is 5. The molecule has 0 aromatic carbocycles. The average Bonchev–Trinajstić information content (AvgIpc) is 3.79. The first-order valence-electron chi connectivity index (χ1n) is 14.9. The zero-order chi connectivity index (χ0) is 35.3. The molecule has 0 spiro atoms. The lowest BCUT2D eigenvalue weighted by Gasteiger charge is -2.23. The second-order valence-corrected chi connectivity index (χ2v) is 15.3. The molecule has 0 bridgehead atoms. The Labute approximate surface area is 277 Å². The van der Waals surface area contributed by atoms with Gasteiger partial charge in [-0.15, -0.1) is 0 Å². The SMILES string of the molecule is CC[P+](C)=O.C[P+](=O)COC[C@H]1N[C@@H](c2c[nH]c3c(=O)[nH]cnc23)[C@H](O)[C@@H]1O.O=c1[nH]cnc2c([C@H]3[C@H](O)[C@H](O)[C@@H](CO)N3P)c[nH]c12. The third kappa shape index (κ3) is 8.12. The molecular weight excluding hydrogens is 689 g/mol. The molecule has 11 atom stereocenters. The number of fused-ring (bicyclic) bond motifs is 2. The van der Waals surface area contributed by atoms with Gasteiger partial charge < -0.3 is 55.5 Å². The van der Waals surface area contributed by atoms with E-state index < -0.39 is 64.2 Å². The van der Waals surface area contributed by atoms with E-state index in [1.165, 1.54) is 12.7 Å². The van der Waals surface area contributed by atoms with Crippen LogP contribution in [0.1, 0.15) is 30.1 Å². The van der Waals surface area contributed by atoms with Crippen LogP contribution in [0.4, 0.5) is 0 Å². The number of nitrogens with zero attached hydrogens (tertiary/aromatic N) is 3. The van der Waals surface area contributed by atoms with Crippen LogP contribution in [-0.4, -0.2) is 136 Å². The molecule has 3 unspecified atom stereocenters. The van der Waals surface area contributed by atoms with Crippen molar-refractivity contribution in [3.63, 3.8) is 0 Å². The van der Waals surface area contributed by atoms with Gasteiger partial charge in [0.05, 0.1) is 62.2 Å². The molecular formula is C27H41N8O10P3+2. The van der Waals surface area contributed by atoms with Crippen LogP contribution in [0.3, 0.4) is 0 Å². The van der Waals surface area contributed by atoms with Gasteiger partial charge in [-0.1, -0.05) is 18.5 Å². The summed E-state index contributed by atoms with van der Waals surface area (Å²) in [4.78, 5) is 42.2. The van der Waals surface area contributed by atoms with Crippen LogP contribution >= 0.6 is 25.0 Å². The van der Waals surface area contributed by atoms with Gasteiger partial charge in [-0.05, 0) is 6.92 Å². The molecule has 0 radical (unpaired) electrons. The first kappa shape index (κ1) is 38.0. The first-order chi connectivity index (χ1) is 22.8. The lowest BCUT2D eigenvalue weighted by atomic mass is 10.0. The van der Waals surface area contributed by atoms with Crippen LogP contribution in [0.2, 0.25) is 0 Å². The summed E-state index contributed by atoms with van der Waals surface area (Å²) in [7, 11) is 0.132. The summed E-state index contributed by atoms with van der Waals surface area (Å²) in [5.41, 5.74) is 2.10. The van der Waals surface area contributed by atoms with E-state index in [2.05, 4.69) is 44.6 Å². The molecule has 2 fully saturated rings. The molecule has 4 aromatic rings. The number of aromatic nitrogens is 6. The van der Waals surface area contributed by atoms with E-state index in [0.29, 0.717) is 33.2 Å². The largest absolute Gasteiger partial charge is 0.395 e. The Balaban J connectivity index is 0.000000192. The monoisotopic (exact) mass is 730 g/mol. The maximum absolute atomic E-state index is 11.7. The molecule has 21 heteroatoms. The van der Waals surface area contributed by atoms with Gasteiger partial charge in [-0.25, -0.2) is 9.97 Å². The van der Waals surface area contributed by atoms with Gasteiger partial charge in [-0.2, -0.15) is 0 Å². The Morgan fingerprint density at radius 3 is 1.90 bits per heavy atom. The fraction of sp³-hybridized carbons (Fsp3) is 0.556. The Kier molecular flexibility index (Phi) is 13.2. The quantitative estimate of drug-likeness (QED) is 0.101. The molecule has 262 valence electrons. The highest BCUT2D eigenvalue weighted by Crippen LogP contribution is 2.41. The fourth-order valence-electron chi connectivity index (χ4n) is 5.52. The van der Waals surface area contributed by atoms with E-state index in [1.54, 1.807) is 30.4 Å². The minimum Gasteiger partial charge on any atom is -0.395 e.